The molecule has 0 aliphatic carbocycles. The number of hydrogen-bond acceptors (Lipinski definition) is 4. The monoisotopic (exact) mass is 267 g/mol. The third kappa shape index (κ3) is 4.13. The van der Waals surface area contributed by atoms with Crippen molar-refractivity contribution >= 4 is 5.97 Å². The Morgan fingerprint density at radius 2 is 1.89 bits per heavy atom. The first-order chi connectivity index (χ1) is 8.99. The van der Waals surface area contributed by atoms with E-state index in [1.165, 1.54) is 0 Å². The Balaban J connectivity index is 2.99. The number of nitrogens with zero attached hydrogens (tertiary/aromatic N) is 1. The zero-order chi connectivity index (χ0) is 14.4. The molecule has 0 saturated heterocycles. The molecule has 0 aromatic heterocycles. The maximum absolute atomic E-state index is 10.7. The number of carbonyl (C=O) groups is 1. The van der Waals surface area contributed by atoms with E-state index in [2.05, 4.69) is 0 Å². The lowest BCUT2D eigenvalue weighted by atomic mass is 10.0. The average molecular weight is 267 g/mol. The number of methoxy groups -OCH3 is 2. The van der Waals surface area contributed by atoms with E-state index in [-0.39, 0.29) is 12.5 Å². The molecule has 1 atom stereocenters. The minimum absolute atomic E-state index is 0.0379. The van der Waals surface area contributed by atoms with Crippen LogP contribution in [0.25, 0.3) is 0 Å². The Morgan fingerprint density at radius 1 is 1.26 bits per heavy atom. The van der Waals surface area contributed by atoms with E-state index in [0.29, 0.717) is 17.9 Å². The maximum Gasteiger partial charge on any atom is 0.303 e. The summed E-state index contributed by atoms with van der Waals surface area (Å²) in [5.41, 5.74) is 1.02. The van der Waals surface area contributed by atoms with Crippen LogP contribution in [0.5, 0.6) is 11.5 Å². The van der Waals surface area contributed by atoms with Crippen molar-refractivity contribution in [2.75, 3.05) is 28.3 Å². The molecule has 0 aliphatic rings. The highest BCUT2D eigenvalue weighted by Crippen LogP contribution is 2.32. The van der Waals surface area contributed by atoms with Gasteiger partial charge in [0.1, 0.15) is 0 Å². The number of benzene rings is 1. The highest BCUT2D eigenvalue weighted by Gasteiger charge is 2.17. The molecule has 0 spiro atoms. The molecule has 1 rings (SSSR count). The molecule has 5 heteroatoms. The highest BCUT2D eigenvalue weighted by atomic mass is 16.5. The van der Waals surface area contributed by atoms with Crippen LogP contribution in [0.4, 0.5) is 0 Å². The van der Waals surface area contributed by atoms with E-state index in [1.54, 1.807) is 14.2 Å². The van der Waals surface area contributed by atoms with Crippen molar-refractivity contribution in [3.8, 4) is 11.5 Å². The summed E-state index contributed by atoms with van der Waals surface area (Å²) < 4.78 is 10.5. The van der Waals surface area contributed by atoms with E-state index in [9.17, 15) is 4.79 Å². The lowest BCUT2D eigenvalue weighted by Crippen LogP contribution is -2.21. The van der Waals surface area contributed by atoms with Crippen molar-refractivity contribution in [3.63, 3.8) is 0 Å². The molecule has 1 unspecified atom stereocenters. The molecular weight excluding hydrogens is 246 g/mol. The van der Waals surface area contributed by atoms with Crippen LogP contribution in [0, 0.1) is 0 Å². The molecule has 5 nitrogen and oxygen atoms in total. The van der Waals surface area contributed by atoms with Gasteiger partial charge in [0.2, 0.25) is 0 Å². The van der Waals surface area contributed by atoms with Gasteiger partial charge in [-0.05, 0) is 38.2 Å². The second-order valence-electron chi connectivity index (χ2n) is 4.53. The van der Waals surface area contributed by atoms with Crippen LogP contribution in [-0.2, 0) is 4.79 Å². The van der Waals surface area contributed by atoms with Gasteiger partial charge in [0, 0.05) is 12.5 Å². The third-order valence-electron chi connectivity index (χ3n) is 3.05. The fourth-order valence-corrected chi connectivity index (χ4v) is 2.04. The summed E-state index contributed by atoms with van der Waals surface area (Å²) >= 11 is 0. The van der Waals surface area contributed by atoms with Crippen molar-refractivity contribution in [1.29, 1.82) is 0 Å². The first-order valence-corrected chi connectivity index (χ1v) is 6.09. The summed E-state index contributed by atoms with van der Waals surface area (Å²) in [6, 6.07) is 5.71. The summed E-state index contributed by atoms with van der Waals surface area (Å²) in [5, 5.41) is 8.81. The van der Waals surface area contributed by atoms with Gasteiger partial charge in [-0.1, -0.05) is 6.07 Å². The number of hydrogen-bond donors (Lipinski definition) is 1. The fourth-order valence-electron chi connectivity index (χ4n) is 2.04. The zero-order valence-electron chi connectivity index (χ0n) is 11.8. The Labute approximate surface area is 113 Å². The number of aliphatic carboxylic acids is 1. The molecule has 1 aromatic carbocycles. The van der Waals surface area contributed by atoms with Crippen LogP contribution >= 0.6 is 0 Å². The molecule has 0 fully saturated rings. The lowest BCUT2D eigenvalue weighted by Gasteiger charge is -2.25. The second-order valence-corrected chi connectivity index (χ2v) is 4.53. The highest BCUT2D eigenvalue weighted by molar-refractivity contribution is 5.66. The molecule has 0 heterocycles. The van der Waals surface area contributed by atoms with Gasteiger partial charge in [-0.15, -0.1) is 0 Å². The SMILES string of the molecule is COc1ccc(C(CCC(=O)O)N(C)C)cc1OC. The van der Waals surface area contributed by atoms with Crippen LogP contribution in [-0.4, -0.2) is 44.3 Å². The largest absolute Gasteiger partial charge is 0.493 e. The third-order valence-corrected chi connectivity index (χ3v) is 3.05. The quantitative estimate of drug-likeness (QED) is 0.820. The predicted molar refractivity (Wildman–Crippen MR) is 72.8 cm³/mol. The normalized spacial score (nSPS) is 12.3. The Kier molecular flexibility index (Phi) is 5.63. The van der Waals surface area contributed by atoms with E-state index < -0.39 is 5.97 Å². The summed E-state index contributed by atoms with van der Waals surface area (Å²) in [6.07, 6.45) is 0.689. The van der Waals surface area contributed by atoms with Gasteiger partial charge in [0.15, 0.2) is 11.5 Å². The van der Waals surface area contributed by atoms with Gasteiger partial charge in [0.25, 0.3) is 0 Å². The van der Waals surface area contributed by atoms with E-state index in [4.69, 9.17) is 14.6 Å². The van der Waals surface area contributed by atoms with Crippen molar-refractivity contribution in [2.45, 2.75) is 18.9 Å². The van der Waals surface area contributed by atoms with Gasteiger partial charge in [-0.3, -0.25) is 4.79 Å². The number of rotatable bonds is 7. The van der Waals surface area contributed by atoms with Crippen LogP contribution in [0.2, 0.25) is 0 Å². The molecular formula is C14H21NO4. The van der Waals surface area contributed by atoms with Crippen LogP contribution < -0.4 is 9.47 Å². The smallest absolute Gasteiger partial charge is 0.303 e. The van der Waals surface area contributed by atoms with Crippen molar-refractivity contribution < 1.29 is 19.4 Å². The number of carboxylic acid groups (broad SMARTS) is 1. The molecule has 0 radical (unpaired) electrons. The molecule has 106 valence electrons. The number of carboxylic acids is 1. The van der Waals surface area contributed by atoms with Crippen molar-refractivity contribution in [3.05, 3.63) is 23.8 Å². The van der Waals surface area contributed by atoms with Crippen molar-refractivity contribution in [1.82, 2.24) is 4.90 Å². The van der Waals surface area contributed by atoms with E-state index in [1.807, 2.05) is 37.2 Å². The first kappa shape index (κ1) is 15.3. The molecule has 1 N–H and O–H groups in total. The topological polar surface area (TPSA) is 59.0 Å². The molecule has 0 amide bonds. The zero-order valence-corrected chi connectivity index (χ0v) is 11.8. The summed E-state index contributed by atoms with van der Waals surface area (Å²) in [7, 11) is 7.04. The second kappa shape index (κ2) is 6.99. The van der Waals surface area contributed by atoms with Crippen LogP contribution in [0.3, 0.4) is 0 Å². The lowest BCUT2D eigenvalue weighted by molar-refractivity contribution is -0.137. The number of ether oxygens (including phenoxy) is 2. The van der Waals surface area contributed by atoms with Gasteiger partial charge in [0.05, 0.1) is 14.2 Å². The standard InChI is InChI=1S/C14H21NO4/c1-15(2)11(6-8-14(16)17)10-5-7-12(18-3)13(9-10)19-4/h5,7,9,11H,6,8H2,1-4H3,(H,16,17). The fraction of sp³-hybridized carbons (Fsp3) is 0.500. The molecule has 19 heavy (non-hydrogen) atoms. The Bertz CT molecular complexity index is 431. The maximum atomic E-state index is 10.7. The van der Waals surface area contributed by atoms with Gasteiger partial charge < -0.3 is 19.5 Å². The first-order valence-electron chi connectivity index (χ1n) is 6.09. The van der Waals surface area contributed by atoms with Crippen molar-refractivity contribution in [2.24, 2.45) is 0 Å². The molecule has 0 bridgehead atoms. The summed E-state index contributed by atoms with van der Waals surface area (Å²) in [5.74, 6) is 0.538. The molecule has 0 saturated carbocycles. The van der Waals surface area contributed by atoms with Gasteiger partial charge in [-0.25, -0.2) is 0 Å². The van der Waals surface area contributed by atoms with E-state index in [0.717, 1.165) is 5.56 Å². The minimum atomic E-state index is -0.785. The average Bonchev–Trinajstić information content (AvgIpc) is 2.37. The predicted octanol–water partition coefficient (Wildman–Crippen LogP) is 2.17. The van der Waals surface area contributed by atoms with Crippen LogP contribution in [0.1, 0.15) is 24.4 Å². The van der Waals surface area contributed by atoms with Gasteiger partial charge >= 0.3 is 5.97 Å². The van der Waals surface area contributed by atoms with Gasteiger partial charge in [-0.2, -0.15) is 0 Å². The minimum Gasteiger partial charge on any atom is -0.493 e. The molecule has 1 aromatic rings. The summed E-state index contributed by atoms with van der Waals surface area (Å²) in [4.78, 5) is 12.7. The summed E-state index contributed by atoms with van der Waals surface area (Å²) in [6.45, 7) is 0. The van der Waals surface area contributed by atoms with Crippen LogP contribution in [0.15, 0.2) is 18.2 Å². The molecule has 0 aliphatic heterocycles. The Morgan fingerprint density at radius 3 is 2.37 bits per heavy atom. The van der Waals surface area contributed by atoms with E-state index >= 15 is 0 Å². The Hall–Kier alpha value is -1.75.